The molecule has 0 amide bonds. The second-order valence-corrected chi connectivity index (χ2v) is 5.90. The first-order valence-corrected chi connectivity index (χ1v) is 6.76. The van der Waals surface area contributed by atoms with Crippen molar-refractivity contribution in [1.82, 2.24) is 9.55 Å². The first-order valence-electron chi connectivity index (χ1n) is 6.76. The number of nitrogens with zero attached hydrogens (tertiary/aromatic N) is 2. The molecule has 0 atom stereocenters. The van der Waals surface area contributed by atoms with Crippen LogP contribution in [0.4, 0.5) is 0 Å². The molecule has 2 aromatic rings. The van der Waals surface area contributed by atoms with Gasteiger partial charge in [-0.1, -0.05) is 19.8 Å². The minimum absolute atomic E-state index is 0.325. The van der Waals surface area contributed by atoms with Crippen LogP contribution in [0.3, 0.4) is 0 Å². The number of hydrogen-bond donors (Lipinski definition) is 1. The van der Waals surface area contributed by atoms with E-state index in [4.69, 9.17) is 5.11 Å². The summed E-state index contributed by atoms with van der Waals surface area (Å²) in [6, 6.07) is 5.12. The Morgan fingerprint density at radius 1 is 1.42 bits per heavy atom. The second kappa shape index (κ2) is 4.37. The van der Waals surface area contributed by atoms with Gasteiger partial charge in [-0.2, -0.15) is 0 Å². The second-order valence-electron chi connectivity index (χ2n) is 5.90. The zero-order valence-corrected chi connectivity index (χ0v) is 11.1. The number of fused-ring (bicyclic) bond motifs is 1. The lowest BCUT2D eigenvalue weighted by atomic mass is 9.89. The summed E-state index contributed by atoms with van der Waals surface area (Å²) < 4.78 is 2.10. The van der Waals surface area contributed by atoms with Crippen LogP contribution in [0.2, 0.25) is 0 Å². The van der Waals surface area contributed by atoms with Crippen LogP contribution < -0.4 is 0 Å². The maximum Gasteiger partial charge on any atom is 0.335 e. The van der Waals surface area contributed by atoms with Crippen molar-refractivity contribution in [1.29, 1.82) is 0 Å². The fraction of sp³-hybridized carbons (Fsp3) is 0.467. The summed E-state index contributed by atoms with van der Waals surface area (Å²) in [5.41, 5.74) is 2.44. The summed E-state index contributed by atoms with van der Waals surface area (Å²) in [5, 5.41) is 9.08. The maximum absolute atomic E-state index is 11.1. The summed E-state index contributed by atoms with van der Waals surface area (Å²) in [6.45, 7) is 3.24. The molecule has 0 radical (unpaired) electrons. The summed E-state index contributed by atoms with van der Waals surface area (Å²) in [5.74, 6) is -0.887. The minimum Gasteiger partial charge on any atom is -0.478 e. The van der Waals surface area contributed by atoms with Gasteiger partial charge in [0.05, 0.1) is 22.9 Å². The molecule has 0 aliphatic heterocycles. The van der Waals surface area contributed by atoms with Crippen molar-refractivity contribution in [3.63, 3.8) is 0 Å². The van der Waals surface area contributed by atoms with Gasteiger partial charge < -0.3 is 9.67 Å². The molecule has 100 valence electrons. The number of carboxylic acids is 1. The Labute approximate surface area is 112 Å². The molecule has 3 rings (SSSR count). The van der Waals surface area contributed by atoms with Gasteiger partial charge in [0.25, 0.3) is 0 Å². The lowest BCUT2D eigenvalue weighted by molar-refractivity contribution is 0.0697. The van der Waals surface area contributed by atoms with Crippen molar-refractivity contribution in [2.45, 2.75) is 39.2 Å². The van der Waals surface area contributed by atoms with Gasteiger partial charge in [0.15, 0.2) is 0 Å². The molecule has 1 aromatic carbocycles. The van der Waals surface area contributed by atoms with Gasteiger partial charge in [0.2, 0.25) is 0 Å². The fourth-order valence-electron chi connectivity index (χ4n) is 3.11. The van der Waals surface area contributed by atoms with Crippen molar-refractivity contribution >= 4 is 17.0 Å². The largest absolute Gasteiger partial charge is 0.478 e. The molecule has 1 saturated carbocycles. The van der Waals surface area contributed by atoms with Crippen molar-refractivity contribution in [3.8, 4) is 0 Å². The zero-order chi connectivity index (χ0) is 13.5. The van der Waals surface area contributed by atoms with Crippen LogP contribution in [0.1, 0.15) is 43.0 Å². The Kier molecular flexibility index (Phi) is 2.81. The van der Waals surface area contributed by atoms with Crippen LogP contribution in [0, 0.1) is 5.41 Å². The number of carbonyl (C=O) groups is 1. The summed E-state index contributed by atoms with van der Waals surface area (Å²) in [4.78, 5) is 15.4. The molecule has 1 aliphatic rings. The number of imidazole rings is 1. The zero-order valence-electron chi connectivity index (χ0n) is 11.1. The van der Waals surface area contributed by atoms with Gasteiger partial charge in [0, 0.05) is 6.54 Å². The number of rotatable bonds is 3. The predicted molar refractivity (Wildman–Crippen MR) is 73.3 cm³/mol. The molecular weight excluding hydrogens is 240 g/mol. The number of carboxylic acid groups (broad SMARTS) is 1. The SMILES string of the molecule is CC1(Cn2cnc3ccc(C(=O)O)cc32)CCCC1. The van der Waals surface area contributed by atoms with E-state index < -0.39 is 5.97 Å². The molecule has 1 N–H and O–H groups in total. The first kappa shape index (κ1) is 12.2. The van der Waals surface area contributed by atoms with Crippen molar-refractivity contribution in [2.24, 2.45) is 5.41 Å². The maximum atomic E-state index is 11.1. The molecule has 1 aliphatic carbocycles. The van der Waals surface area contributed by atoms with Crippen LogP contribution in [-0.4, -0.2) is 20.6 Å². The molecule has 1 heterocycles. The van der Waals surface area contributed by atoms with Crippen LogP contribution in [0.5, 0.6) is 0 Å². The van der Waals surface area contributed by atoms with Gasteiger partial charge in [0.1, 0.15) is 0 Å². The molecule has 0 spiro atoms. The average molecular weight is 258 g/mol. The van der Waals surface area contributed by atoms with Crippen molar-refractivity contribution in [2.75, 3.05) is 0 Å². The third-order valence-corrected chi connectivity index (χ3v) is 4.23. The molecule has 1 fully saturated rings. The monoisotopic (exact) mass is 258 g/mol. The Morgan fingerprint density at radius 3 is 2.84 bits per heavy atom. The summed E-state index contributed by atoms with van der Waals surface area (Å²) in [7, 11) is 0. The van der Waals surface area contributed by atoms with Gasteiger partial charge in [-0.05, 0) is 36.5 Å². The highest BCUT2D eigenvalue weighted by molar-refractivity contribution is 5.92. The molecule has 0 unspecified atom stereocenters. The number of aromatic carboxylic acids is 1. The lowest BCUT2D eigenvalue weighted by Crippen LogP contribution is -2.19. The summed E-state index contributed by atoms with van der Waals surface area (Å²) in [6.07, 6.45) is 6.91. The Bertz CT molecular complexity index is 624. The standard InChI is InChI=1S/C15H18N2O2/c1-15(6-2-3-7-15)9-17-10-16-12-5-4-11(14(18)19)8-13(12)17/h4-5,8,10H,2-3,6-7,9H2,1H3,(H,18,19). The molecular formula is C15H18N2O2. The molecule has 0 saturated heterocycles. The van der Waals surface area contributed by atoms with E-state index in [2.05, 4.69) is 16.5 Å². The van der Waals surface area contributed by atoms with E-state index in [1.807, 2.05) is 6.33 Å². The molecule has 4 heteroatoms. The smallest absolute Gasteiger partial charge is 0.335 e. The molecule has 0 bridgehead atoms. The van der Waals surface area contributed by atoms with E-state index in [-0.39, 0.29) is 0 Å². The quantitative estimate of drug-likeness (QED) is 0.918. The van der Waals surface area contributed by atoms with Crippen molar-refractivity contribution in [3.05, 3.63) is 30.1 Å². The topological polar surface area (TPSA) is 55.1 Å². The molecule has 4 nitrogen and oxygen atoms in total. The third kappa shape index (κ3) is 2.23. The van der Waals surface area contributed by atoms with Gasteiger partial charge in [-0.25, -0.2) is 9.78 Å². The normalized spacial score (nSPS) is 17.9. The van der Waals surface area contributed by atoms with Gasteiger partial charge in [-0.3, -0.25) is 0 Å². The van der Waals surface area contributed by atoms with E-state index in [9.17, 15) is 4.79 Å². The minimum atomic E-state index is -0.887. The van der Waals surface area contributed by atoms with E-state index in [1.54, 1.807) is 18.2 Å². The Morgan fingerprint density at radius 2 is 2.16 bits per heavy atom. The lowest BCUT2D eigenvalue weighted by Gasteiger charge is -2.24. The Balaban J connectivity index is 1.99. The first-order chi connectivity index (χ1) is 9.07. The Hall–Kier alpha value is -1.84. The van der Waals surface area contributed by atoms with E-state index in [0.717, 1.165) is 17.6 Å². The van der Waals surface area contributed by atoms with Gasteiger partial charge >= 0.3 is 5.97 Å². The van der Waals surface area contributed by atoms with E-state index >= 15 is 0 Å². The van der Waals surface area contributed by atoms with Crippen LogP contribution in [-0.2, 0) is 6.54 Å². The summed E-state index contributed by atoms with van der Waals surface area (Å²) >= 11 is 0. The van der Waals surface area contributed by atoms with Crippen LogP contribution in [0.25, 0.3) is 11.0 Å². The average Bonchev–Trinajstić information content (AvgIpc) is 2.97. The third-order valence-electron chi connectivity index (χ3n) is 4.23. The molecule has 1 aromatic heterocycles. The number of hydrogen-bond acceptors (Lipinski definition) is 2. The highest BCUT2D eigenvalue weighted by atomic mass is 16.4. The number of aromatic nitrogens is 2. The highest BCUT2D eigenvalue weighted by Gasteiger charge is 2.29. The van der Waals surface area contributed by atoms with Crippen LogP contribution in [0.15, 0.2) is 24.5 Å². The van der Waals surface area contributed by atoms with Crippen LogP contribution >= 0.6 is 0 Å². The van der Waals surface area contributed by atoms with E-state index in [1.165, 1.54) is 25.7 Å². The highest BCUT2D eigenvalue weighted by Crippen LogP contribution is 2.39. The van der Waals surface area contributed by atoms with E-state index in [0.29, 0.717) is 11.0 Å². The molecule has 19 heavy (non-hydrogen) atoms. The number of benzene rings is 1. The van der Waals surface area contributed by atoms with Crippen molar-refractivity contribution < 1.29 is 9.90 Å². The van der Waals surface area contributed by atoms with Gasteiger partial charge in [-0.15, -0.1) is 0 Å². The fourth-order valence-corrected chi connectivity index (χ4v) is 3.11. The predicted octanol–water partition coefficient (Wildman–Crippen LogP) is 3.31.